The zero-order chi connectivity index (χ0) is 19.6. The highest BCUT2D eigenvalue weighted by atomic mass is 16.5. The molecule has 1 saturated heterocycles. The molecule has 3 unspecified atom stereocenters. The SMILES string of the molecule is CCc1ccc(C(=O)C(C)OC(=O)CN2C(=O)C3CC=CCC3C2=O)cc1. The van der Waals surface area contributed by atoms with E-state index in [4.69, 9.17) is 4.74 Å². The second kappa shape index (κ2) is 7.86. The highest BCUT2D eigenvalue weighted by Gasteiger charge is 2.47. The molecule has 2 aliphatic rings. The van der Waals surface area contributed by atoms with Crippen molar-refractivity contribution in [3.8, 4) is 0 Å². The van der Waals surface area contributed by atoms with Crippen molar-refractivity contribution in [3.63, 3.8) is 0 Å². The van der Waals surface area contributed by atoms with E-state index < -0.39 is 18.6 Å². The first-order valence-electron chi connectivity index (χ1n) is 9.25. The van der Waals surface area contributed by atoms with Crippen molar-refractivity contribution in [2.45, 2.75) is 39.2 Å². The molecule has 0 bridgehead atoms. The maximum Gasteiger partial charge on any atom is 0.326 e. The lowest BCUT2D eigenvalue weighted by molar-refractivity contribution is -0.154. The Morgan fingerprint density at radius 1 is 1.07 bits per heavy atom. The molecule has 0 radical (unpaired) electrons. The Kier molecular flexibility index (Phi) is 5.54. The normalized spacial score (nSPS) is 22.5. The zero-order valence-corrected chi connectivity index (χ0v) is 15.5. The number of esters is 1. The summed E-state index contributed by atoms with van der Waals surface area (Å²) in [5.74, 6) is -2.50. The standard InChI is InChI=1S/C21H23NO5/c1-3-14-8-10-15(11-9-14)19(24)13(2)27-18(23)12-22-20(25)16-6-4-5-7-17(16)21(22)26/h4-5,8-11,13,16-17H,3,6-7,12H2,1-2H3. The number of ketones is 1. The first-order chi connectivity index (χ1) is 12.9. The lowest BCUT2D eigenvalue weighted by atomic mass is 9.85. The number of fused-ring (bicyclic) bond motifs is 1. The number of aryl methyl sites for hydroxylation is 1. The predicted octanol–water partition coefficient (Wildman–Crippen LogP) is 2.31. The monoisotopic (exact) mass is 369 g/mol. The Labute approximate surface area is 158 Å². The number of carbonyl (C=O) groups is 4. The van der Waals surface area contributed by atoms with Crippen LogP contribution in [0, 0.1) is 11.8 Å². The van der Waals surface area contributed by atoms with Crippen molar-refractivity contribution in [1.29, 1.82) is 0 Å². The van der Waals surface area contributed by atoms with Crippen molar-refractivity contribution in [3.05, 3.63) is 47.5 Å². The first-order valence-corrected chi connectivity index (χ1v) is 9.25. The maximum absolute atomic E-state index is 12.4. The van der Waals surface area contributed by atoms with E-state index in [0.29, 0.717) is 18.4 Å². The zero-order valence-electron chi connectivity index (χ0n) is 15.5. The van der Waals surface area contributed by atoms with Gasteiger partial charge < -0.3 is 4.74 Å². The first kappa shape index (κ1) is 19.0. The van der Waals surface area contributed by atoms with E-state index in [-0.39, 0.29) is 29.4 Å². The maximum atomic E-state index is 12.4. The summed E-state index contributed by atoms with van der Waals surface area (Å²) in [7, 11) is 0. The lowest BCUT2D eigenvalue weighted by Crippen LogP contribution is -2.38. The molecule has 1 heterocycles. The van der Waals surface area contributed by atoms with Crippen molar-refractivity contribution in [2.24, 2.45) is 11.8 Å². The summed E-state index contributed by atoms with van der Waals surface area (Å²) in [6.45, 7) is 3.07. The Bertz CT molecular complexity index is 769. The summed E-state index contributed by atoms with van der Waals surface area (Å²) in [5, 5.41) is 0. The van der Waals surface area contributed by atoms with E-state index in [1.807, 2.05) is 31.2 Å². The molecule has 3 atom stereocenters. The van der Waals surface area contributed by atoms with E-state index in [1.165, 1.54) is 6.92 Å². The van der Waals surface area contributed by atoms with Crippen LogP contribution in [-0.4, -0.2) is 41.1 Å². The third-order valence-electron chi connectivity index (χ3n) is 5.21. The highest BCUT2D eigenvalue weighted by Crippen LogP contribution is 2.34. The molecule has 6 nitrogen and oxygen atoms in total. The Morgan fingerprint density at radius 2 is 1.63 bits per heavy atom. The lowest BCUT2D eigenvalue weighted by Gasteiger charge is -2.17. The topological polar surface area (TPSA) is 80.8 Å². The Morgan fingerprint density at radius 3 is 2.15 bits per heavy atom. The van der Waals surface area contributed by atoms with Gasteiger partial charge in [-0.3, -0.25) is 24.1 Å². The number of ether oxygens (including phenoxy) is 1. The molecular weight excluding hydrogens is 346 g/mol. The fraction of sp³-hybridized carbons (Fsp3) is 0.429. The van der Waals surface area contributed by atoms with Crippen molar-refractivity contribution in [1.82, 2.24) is 4.90 Å². The molecule has 6 heteroatoms. The largest absolute Gasteiger partial charge is 0.453 e. The Hall–Kier alpha value is -2.76. The Balaban J connectivity index is 1.59. The number of Topliss-reactive ketones (excluding diaryl/α,β-unsaturated/α-hetero) is 1. The number of rotatable bonds is 6. The quantitative estimate of drug-likeness (QED) is 0.333. The molecule has 142 valence electrons. The molecule has 0 N–H and O–H groups in total. The van der Waals surface area contributed by atoms with E-state index in [0.717, 1.165) is 16.9 Å². The summed E-state index contributed by atoms with van der Waals surface area (Å²) < 4.78 is 5.18. The van der Waals surface area contributed by atoms with Crippen molar-refractivity contribution >= 4 is 23.6 Å². The van der Waals surface area contributed by atoms with Crippen LogP contribution in [0.4, 0.5) is 0 Å². The molecule has 2 amide bonds. The molecule has 1 aliphatic heterocycles. The third-order valence-corrected chi connectivity index (χ3v) is 5.21. The number of nitrogens with zero attached hydrogens (tertiary/aromatic N) is 1. The second-order valence-corrected chi connectivity index (χ2v) is 6.97. The van der Waals surface area contributed by atoms with Gasteiger partial charge in [0.1, 0.15) is 6.54 Å². The molecule has 0 spiro atoms. The number of benzene rings is 1. The minimum atomic E-state index is -0.985. The van der Waals surface area contributed by atoms with Crippen LogP contribution in [-0.2, 0) is 25.5 Å². The predicted molar refractivity (Wildman–Crippen MR) is 97.8 cm³/mol. The van der Waals surface area contributed by atoms with Crippen LogP contribution in [0.5, 0.6) is 0 Å². The van der Waals surface area contributed by atoms with E-state index in [2.05, 4.69) is 0 Å². The van der Waals surface area contributed by atoms with E-state index in [9.17, 15) is 19.2 Å². The molecule has 3 rings (SSSR count). The third kappa shape index (κ3) is 3.84. The number of carbonyl (C=O) groups excluding carboxylic acids is 4. The molecule has 1 aromatic carbocycles. The van der Waals surface area contributed by atoms with Gasteiger partial charge >= 0.3 is 5.97 Å². The van der Waals surface area contributed by atoms with Gasteiger partial charge in [-0.15, -0.1) is 0 Å². The van der Waals surface area contributed by atoms with Crippen molar-refractivity contribution < 1.29 is 23.9 Å². The number of imide groups is 1. The van der Waals surface area contributed by atoms with Gasteiger partial charge in [0.15, 0.2) is 6.10 Å². The summed E-state index contributed by atoms with van der Waals surface area (Å²) in [6.07, 6.45) is 4.69. The van der Waals surface area contributed by atoms with Crippen LogP contribution in [0.2, 0.25) is 0 Å². The van der Waals surface area contributed by atoms with Gasteiger partial charge in [-0.25, -0.2) is 0 Å². The molecule has 0 saturated carbocycles. The van der Waals surface area contributed by atoms with Crippen LogP contribution in [0.3, 0.4) is 0 Å². The van der Waals surface area contributed by atoms with Crippen LogP contribution in [0.25, 0.3) is 0 Å². The van der Waals surface area contributed by atoms with Gasteiger partial charge in [0.25, 0.3) is 0 Å². The van der Waals surface area contributed by atoms with Gasteiger partial charge in [-0.1, -0.05) is 43.3 Å². The van der Waals surface area contributed by atoms with Gasteiger partial charge in [0.2, 0.25) is 17.6 Å². The van der Waals surface area contributed by atoms with Crippen LogP contribution in [0.15, 0.2) is 36.4 Å². The minimum Gasteiger partial charge on any atom is -0.453 e. The smallest absolute Gasteiger partial charge is 0.326 e. The number of amides is 2. The van der Waals surface area contributed by atoms with Crippen molar-refractivity contribution in [2.75, 3.05) is 6.54 Å². The van der Waals surface area contributed by atoms with Gasteiger partial charge in [-0.05, 0) is 31.7 Å². The van der Waals surface area contributed by atoms with Gasteiger partial charge in [0, 0.05) is 5.56 Å². The molecule has 1 aromatic rings. The summed E-state index contributed by atoms with van der Waals surface area (Å²) in [5.41, 5.74) is 1.57. The molecule has 1 fully saturated rings. The fourth-order valence-electron chi connectivity index (χ4n) is 3.58. The van der Waals surface area contributed by atoms with Gasteiger partial charge in [0.05, 0.1) is 11.8 Å². The average molecular weight is 369 g/mol. The van der Waals surface area contributed by atoms with Crippen LogP contribution in [0.1, 0.15) is 42.6 Å². The molecule has 0 aromatic heterocycles. The number of allylic oxidation sites excluding steroid dienone is 2. The minimum absolute atomic E-state index is 0.317. The van der Waals surface area contributed by atoms with E-state index >= 15 is 0 Å². The highest BCUT2D eigenvalue weighted by molar-refractivity contribution is 6.07. The number of likely N-dealkylation sites (tertiary alicyclic amines) is 1. The summed E-state index contributed by atoms with van der Waals surface area (Å²) in [6, 6.07) is 7.13. The average Bonchev–Trinajstić information content (AvgIpc) is 2.92. The molecule has 27 heavy (non-hydrogen) atoms. The number of hydrogen-bond acceptors (Lipinski definition) is 5. The number of hydrogen-bond donors (Lipinski definition) is 0. The van der Waals surface area contributed by atoms with Crippen LogP contribution < -0.4 is 0 Å². The van der Waals surface area contributed by atoms with E-state index in [1.54, 1.807) is 12.1 Å². The fourth-order valence-corrected chi connectivity index (χ4v) is 3.58. The second-order valence-electron chi connectivity index (χ2n) is 6.97. The molecule has 1 aliphatic carbocycles. The van der Waals surface area contributed by atoms with Gasteiger partial charge in [-0.2, -0.15) is 0 Å². The summed E-state index contributed by atoms with van der Waals surface area (Å²) in [4.78, 5) is 50.4. The van der Waals surface area contributed by atoms with Crippen LogP contribution >= 0.6 is 0 Å². The summed E-state index contributed by atoms with van der Waals surface area (Å²) >= 11 is 0. The molecular formula is C21H23NO5.